The summed E-state index contributed by atoms with van der Waals surface area (Å²) in [4.78, 5) is 14.9. The largest absolute Gasteiger partial charge is 0.508 e. The molecular formula is C11H10N2O3. The third-order valence-electron chi connectivity index (χ3n) is 1.97. The van der Waals surface area contributed by atoms with Gasteiger partial charge in [-0.25, -0.2) is 0 Å². The molecule has 82 valence electrons. The maximum Gasteiger partial charge on any atom is 0.234 e. The standard InChI is InChI=1S/C11H10N2O3/c1-7(14)5-10-12-11(13-16-10)8-3-2-4-9(15)6-8/h2-4,6,15H,5H2,1H3. The summed E-state index contributed by atoms with van der Waals surface area (Å²) in [6.45, 7) is 1.46. The molecule has 2 aromatic rings. The van der Waals surface area contributed by atoms with Crippen molar-refractivity contribution in [2.75, 3.05) is 0 Å². The van der Waals surface area contributed by atoms with Crippen LogP contribution in [-0.2, 0) is 11.2 Å². The van der Waals surface area contributed by atoms with E-state index in [1.165, 1.54) is 13.0 Å². The molecule has 2 rings (SSSR count). The van der Waals surface area contributed by atoms with E-state index in [4.69, 9.17) is 4.52 Å². The molecule has 1 aromatic carbocycles. The van der Waals surface area contributed by atoms with E-state index in [0.29, 0.717) is 11.4 Å². The van der Waals surface area contributed by atoms with Crippen LogP contribution in [0, 0.1) is 0 Å². The number of Topliss-reactive ketones (excluding diaryl/α,β-unsaturated/α-hetero) is 1. The van der Waals surface area contributed by atoms with Gasteiger partial charge >= 0.3 is 0 Å². The SMILES string of the molecule is CC(=O)Cc1nc(-c2cccc(O)c2)no1. The Kier molecular flexibility index (Phi) is 2.68. The quantitative estimate of drug-likeness (QED) is 0.846. The van der Waals surface area contributed by atoms with Crippen molar-refractivity contribution in [2.45, 2.75) is 13.3 Å². The zero-order chi connectivity index (χ0) is 11.5. The van der Waals surface area contributed by atoms with Crippen LogP contribution in [0.25, 0.3) is 11.4 Å². The summed E-state index contributed by atoms with van der Waals surface area (Å²) in [6, 6.07) is 6.52. The van der Waals surface area contributed by atoms with Crippen molar-refractivity contribution in [3.05, 3.63) is 30.2 Å². The van der Waals surface area contributed by atoms with Crippen LogP contribution in [-0.4, -0.2) is 21.0 Å². The molecule has 0 atom stereocenters. The van der Waals surface area contributed by atoms with Crippen molar-refractivity contribution in [2.24, 2.45) is 0 Å². The number of benzene rings is 1. The van der Waals surface area contributed by atoms with Crippen molar-refractivity contribution in [1.29, 1.82) is 0 Å². The second-order valence-electron chi connectivity index (χ2n) is 3.44. The number of rotatable bonds is 3. The number of ketones is 1. The van der Waals surface area contributed by atoms with Gasteiger partial charge in [0.15, 0.2) is 0 Å². The second kappa shape index (κ2) is 4.14. The number of carbonyl (C=O) groups excluding carboxylic acids is 1. The average molecular weight is 218 g/mol. The Morgan fingerprint density at radius 1 is 1.50 bits per heavy atom. The summed E-state index contributed by atoms with van der Waals surface area (Å²) in [5.41, 5.74) is 0.651. The van der Waals surface area contributed by atoms with Crippen LogP contribution in [0.3, 0.4) is 0 Å². The van der Waals surface area contributed by atoms with Crippen molar-refractivity contribution in [3.8, 4) is 17.1 Å². The topological polar surface area (TPSA) is 76.2 Å². The molecule has 0 unspecified atom stereocenters. The lowest BCUT2D eigenvalue weighted by atomic mass is 10.2. The van der Waals surface area contributed by atoms with Gasteiger partial charge in [-0.2, -0.15) is 4.98 Å². The number of phenolic OH excluding ortho intramolecular Hbond substituents is 1. The summed E-state index contributed by atoms with van der Waals surface area (Å²) < 4.78 is 4.91. The van der Waals surface area contributed by atoms with Gasteiger partial charge in [0.25, 0.3) is 0 Å². The number of phenols is 1. The highest BCUT2D eigenvalue weighted by Crippen LogP contribution is 2.20. The average Bonchev–Trinajstić information content (AvgIpc) is 2.65. The summed E-state index contributed by atoms with van der Waals surface area (Å²) in [5, 5.41) is 13.0. The number of nitrogens with zero attached hydrogens (tertiary/aromatic N) is 2. The normalized spacial score (nSPS) is 10.3. The van der Waals surface area contributed by atoms with E-state index in [1.807, 2.05) is 0 Å². The van der Waals surface area contributed by atoms with Crippen LogP contribution in [0.2, 0.25) is 0 Å². The smallest absolute Gasteiger partial charge is 0.234 e. The second-order valence-corrected chi connectivity index (χ2v) is 3.44. The molecule has 1 heterocycles. The van der Waals surface area contributed by atoms with E-state index in [9.17, 15) is 9.90 Å². The number of aromatic nitrogens is 2. The Hall–Kier alpha value is -2.17. The van der Waals surface area contributed by atoms with Crippen LogP contribution >= 0.6 is 0 Å². The van der Waals surface area contributed by atoms with E-state index in [-0.39, 0.29) is 23.8 Å². The van der Waals surface area contributed by atoms with Gasteiger partial charge in [-0.3, -0.25) is 4.79 Å². The molecule has 16 heavy (non-hydrogen) atoms. The molecule has 0 radical (unpaired) electrons. The maximum absolute atomic E-state index is 10.8. The van der Waals surface area contributed by atoms with Gasteiger partial charge in [0, 0.05) is 5.56 Å². The molecule has 0 aliphatic heterocycles. The summed E-state index contributed by atoms with van der Waals surface area (Å²) in [7, 11) is 0. The highest BCUT2D eigenvalue weighted by Gasteiger charge is 2.10. The number of hydrogen-bond acceptors (Lipinski definition) is 5. The minimum Gasteiger partial charge on any atom is -0.508 e. The van der Waals surface area contributed by atoms with Crippen molar-refractivity contribution in [1.82, 2.24) is 10.1 Å². The van der Waals surface area contributed by atoms with Gasteiger partial charge in [0.1, 0.15) is 11.5 Å². The highest BCUT2D eigenvalue weighted by molar-refractivity contribution is 5.77. The summed E-state index contributed by atoms with van der Waals surface area (Å²) >= 11 is 0. The minimum atomic E-state index is -0.0360. The molecule has 1 N–H and O–H groups in total. The molecule has 0 saturated carbocycles. The van der Waals surface area contributed by atoms with Gasteiger partial charge in [0.2, 0.25) is 11.7 Å². The summed E-state index contributed by atoms with van der Waals surface area (Å²) in [6.07, 6.45) is 0.131. The monoisotopic (exact) mass is 218 g/mol. The van der Waals surface area contributed by atoms with Crippen LogP contribution < -0.4 is 0 Å². The van der Waals surface area contributed by atoms with Gasteiger partial charge in [-0.15, -0.1) is 0 Å². The van der Waals surface area contributed by atoms with E-state index < -0.39 is 0 Å². The molecule has 0 aliphatic carbocycles. The number of carbonyl (C=O) groups is 1. The molecular weight excluding hydrogens is 208 g/mol. The van der Waals surface area contributed by atoms with Crippen molar-refractivity contribution in [3.63, 3.8) is 0 Å². The first-order valence-corrected chi connectivity index (χ1v) is 4.76. The molecule has 5 heteroatoms. The molecule has 0 fully saturated rings. The molecule has 0 spiro atoms. The zero-order valence-corrected chi connectivity index (χ0v) is 8.67. The van der Waals surface area contributed by atoms with Crippen LogP contribution in [0.15, 0.2) is 28.8 Å². The molecule has 0 amide bonds. The zero-order valence-electron chi connectivity index (χ0n) is 8.67. The predicted octanol–water partition coefficient (Wildman–Crippen LogP) is 1.57. The lowest BCUT2D eigenvalue weighted by molar-refractivity contribution is -0.116. The Morgan fingerprint density at radius 2 is 2.31 bits per heavy atom. The molecule has 0 bridgehead atoms. The van der Waals surface area contributed by atoms with Gasteiger partial charge in [-0.1, -0.05) is 17.3 Å². The molecule has 5 nitrogen and oxygen atoms in total. The fourth-order valence-corrected chi connectivity index (χ4v) is 1.30. The Labute approximate surface area is 91.7 Å². The molecule has 0 aliphatic rings. The van der Waals surface area contributed by atoms with Gasteiger partial charge in [-0.05, 0) is 19.1 Å². The molecule has 1 aromatic heterocycles. The van der Waals surface area contributed by atoms with Gasteiger partial charge in [0.05, 0.1) is 6.42 Å². The predicted molar refractivity (Wildman–Crippen MR) is 55.8 cm³/mol. The van der Waals surface area contributed by atoms with Crippen LogP contribution in [0.4, 0.5) is 0 Å². The van der Waals surface area contributed by atoms with Crippen molar-refractivity contribution < 1.29 is 14.4 Å². The number of hydrogen-bond donors (Lipinski definition) is 1. The first-order chi connectivity index (χ1) is 7.65. The number of aromatic hydroxyl groups is 1. The van der Waals surface area contributed by atoms with Crippen molar-refractivity contribution >= 4 is 5.78 Å². The third-order valence-corrected chi connectivity index (χ3v) is 1.97. The fraction of sp³-hybridized carbons (Fsp3) is 0.182. The summed E-state index contributed by atoms with van der Waals surface area (Å²) in [5.74, 6) is 0.750. The van der Waals surface area contributed by atoms with Gasteiger partial charge < -0.3 is 9.63 Å². The van der Waals surface area contributed by atoms with E-state index in [2.05, 4.69) is 10.1 Å². The Balaban J connectivity index is 2.28. The first-order valence-electron chi connectivity index (χ1n) is 4.76. The van der Waals surface area contributed by atoms with E-state index in [0.717, 1.165) is 0 Å². The third kappa shape index (κ3) is 2.25. The first kappa shape index (κ1) is 10.4. The fourth-order valence-electron chi connectivity index (χ4n) is 1.30. The van der Waals surface area contributed by atoms with E-state index >= 15 is 0 Å². The van der Waals surface area contributed by atoms with E-state index in [1.54, 1.807) is 18.2 Å². The maximum atomic E-state index is 10.8. The van der Waals surface area contributed by atoms with Crippen LogP contribution in [0.1, 0.15) is 12.8 Å². The van der Waals surface area contributed by atoms with Crippen LogP contribution in [0.5, 0.6) is 5.75 Å². The lowest BCUT2D eigenvalue weighted by Crippen LogP contribution is -1.95. The lowest BCUT2D eigenvalue weighted by Gasteiger charge is -1.94. The Bertz CT molecular complexity index is 519. The highest BCUT2D eigenvalue weighted by atomic mass is 16.5. The Morgan fingerprint density at radius 3 is 3.00 bits per heavy atom. The minimum absolute atomic E-state index is 0.0360. The molecule has 0 saturated heterocycles.